The molecule has 1 nitrogen and oxygen atoms in total. The van der Waals surface area contributed by atoms with Gasteiger partial charge in [-0.05, 0) is 35.4 Å². The zero-order valence-corrected chi connectivity index (χ0v) is 6.20. The van der Waals surface area contributed by atoms with Crippen molar-refractivity contribution in [3.63, 3.8) is 0 Å². The number of hydrogen-bond acceptors (Lipinski definition) is 1. The van der Waals surface area contributed by atoms with E-state index in [1.54, 1.807) is 0 Å². The SMILES string of the molecule is C1=CC2CC2c2ccncc21. The number of fused-ring (bicyclic) bond motifs is 3. The zero-order valence-electron chi connectivity index (χ0n) is 6.20. The van der Waals surface area contributed by atoms with E-state index >= 15 is 0 Å². The van der Waals surface area contributed by atoms with Crippen LogP contribution in [-0.2, 0) is 0 Å². The molecule has 2 aliphatic carbocycles. The third kappa shape index (κ3) is 0.681. The van der Waals surface area contributed by atoms with E-state index in [4.69, 9.17) is 0 Å². The third-order valence-corrected chi connectivity index (χ3v) is 2.65. The van der Waals surface area contributed by atoms with Crippen molar-refractivity contribution in [1.82, 2.24) is 4.98 Å². The van der Waals surface area contributed by atoms with Gasteiger partial charge in [0.05, 0.1) is 0 Å². The van der Waals surface area contributed by atoms with Gasteiger partial charge in [0, 0.05) is 12.4 Å². The molecule has 1 heterocycles. The van der Waals surface area contributed by atoms with Crippen LogP contribution in [0.3, 0.4) is 0 Å². The second kappa shape index (κ2) is 1.73. The van der Waals surface area contributed by atoms with Crippen LogP contribution < -0.4 is 0 Å². The van der Waals surface area contributed by atoms with E-state index in [2.05, 4.69) is 23.2 Å². The van der Waals surface area contributed by atoms with Gasteiger partial charge in [0.2, 0.25) is 0 Å². The van der Waals surface area contributed by atoms with Crippen molar-refractivity contribution in [2.45, 2.75) is 12.3 Å². The standard InChI is InChI=1S/C10H9N/c1-2-8-6-11-4-3-9(8)10-5-7(1)10/h1-4,6-7,10H,5H2. The van der Waals surface area contributed by atoms with Crippen molar-refractivity contribution in [2.75, 3.05) is 0 Å². The lowest BCUT2D eigenvalue weighted by atomic mass is 10.00. The van der Waals surface area contributed by atoms with Crippen LogP contribution in [0.1, 0.15) is 23.5 Å². The van der Waals surface area contributed by atoms with E-state index in [-0.39, 0.29) is 0 Å². The summed E-state index contributed by atoms with van der Waals surface area (Å²) in [6.07, 6.45) is 9.73. The number of aromatic nitrogens is 1. The molecule has 1 aromatic rings. The van der Waals surface area contributed by atoms with Crippen LogP contribution in [0.2, 0.25) is 0 Å². The van der Waals surface area contributed by atoms with Crippen LogP contribution >= 0.6 is 0 Å². The van der Waals surface area contributed by atoms with Gasteiger partial charge in [-0.25, -0.2) is 0 Å². The van der Waals surface area contributed by atoms with Crippen molar-refractivity contribution in [3.05, 3.63) is 35.7 Å². The molecule has 0 aromatic carbocycles. The summed E-state index contributed by atoms with van der Waals surface area (Å²) in [5.74, 6) is 1.68. The third-order valence-electron chi connectivity index (χ3n) is 2.65. The number of rotatable bonds is 0. The largest absolute Gasteiger partial charge is 0.264 e. The Morgan fingerprint density at radius 1 is 1.45 bits per heavy atom. The molecule has 0 amide bonds. The zero-order chi connectivity index (χ0) is 7.26. The second-order valence-electron chi connectivity index (χ2n) is 3.37. The van der Waals surface area contributed by atoms with Crippen LogP contribution in [0, 0.1) is 5.92 Å². The highest BCUT2D eigenvalue weighted by Crippen LogP contribution is 2.52. The molecule has 11 heavy (non-hydrogen) atoms. The van der Waals surface area contributed by atoms with Crippen molar-refractivity contribution >= 4 is 6.08 Å². The van der Waals surface area contributed by atoms with E-state index in [0.717, 1.165) is 11.8 Å². The predicted octanol–water partition coefficient (Wildman–Crippen LogP) is 2.21. The topological polar surface area (TPSA) is 12.9 Å². The molecule has 0 saturated heterocycles. The predicted molar refractivity (Wildman–Crippen MR) is 44.1 cm³/mol. The summed E-state index contributed by atoms with van der Waals surface area (Å²) >= 11 is 0. The molecule has 2 unspecified atom stereocenters. The average molecular weight is 143 g/mol. The fraction of sp³-hybridized carbons (Fsp3) is 0.300. The minimum Gasteiger partial charge on any atom is -0.264 e. The van der Waals surface area contributed by atoms with Gasteiger partial charge in [0.1, 0.15) is 0 Å². The Balaban J connectivity index is 2.24. The van der Waals surface area contributed by atoms with Gasteiger partial charge in [0.25, 0.3) is 0 Å². The van der Waals surface area contributed by atoms with Crippen LogP contribution in [0.15, 0.2) is 24.5 Å². The molecule has 1 saturated carbocycles. The molecule has 0 aliphatic heterocycles. The minimum atomic E-state index is 0.831. The first-order chi connectivity index (χ1) is 5.45. The summed E-state index contributed by atoms with van der Waals surface area (Å²) in [5, 5.41) is 0. The molecular formula is C10H9N. The lowest BCUT2D eigenvalue weighted by Crippen LogP contribution is -1.92. The van der Waals surface area contributed by atoms with Crippen LogP contribution in [0.25, 0.3) is 6.08 Å². The molecule has 2 atom stereocenters. The molecule has 0 bridgehead atoms. The van der Waals surface area contributed by atoms with Gasteiger partial charge < -0.3 is 0 Å². The maximum Gasteiger partial charge on any atom is 0.0343 e. The fourth-order valence-electron chi connectivity index (χ4n) is 1.91. The van der Waals surface area contributed by atoms with Gasteiger partial charge in [-0.2, -0.15) is 0 Å². The minimum absolute atomic E-state index is 0.831. The smallest absolute Gasteiger partial charge is 0.0343 e. The highest BCUT2D eigenvalue weighted by molar-refractivity contribution is 5.59. The van der Waals surface area contributed by atoms with E-state index in [1.807, 2.05) is 12.4 Å². The number of hydrogen-bond donors (Lipinski definition) is 0. The summed E-state index contributed by atoms with van der Waals surface area (Å²) in [7, 11) is 0. The first-order valence-corrected chi connectivity index (χ1v) is 4.07. The highest BCUT2D eigenvalue weighted by atomic mass is 14.6. The van der Waals surface area contributed by atoms with E-state index < -0.39 is 0 Å². The molecule has 0 N–H and O–H groups in total. The average Bonchev–Trinajstić information content (AvgIpc) is 2.83. The fourth-order valence-corrected chi connectivity index (χ4v) is 1.91. The summed E-state index contributed by atoms with van der Waals surface area (Å²) in [6, 6.07) is 2.16. The lowest BCUT2D eigenvalue weighted by molar-refractivity contribution is 0.987. The van der Waals surface area contributed by atoms with Gasteiger partial charge in [-0.15, -0.1) is 0 Å². The molecule has 0 radical (unpaired) electrons. The maximum absolute atomic E-state index is 4.10. The van der Waals surface area contributed by atoms with Crippen LogP contribution in [0.5, 0.6) is 0 Å². The van der Waals surface area contributed by atoms with Crippen LogP contribution in [-0.4, -0.2) is 4.98 Å². The normalized spacial score (nSPS) is 30.9. The summed E-state index contributed by atoms with van der Waals surface area (Å²) in [5.41, 5.74) is 2.83. The van der Waals surface area contributed by atoms with Gasteiger partial charge in [-0.1, -0.05) is 12.2 Å². The molecule has 54 valence electrons. The lowest BCUT2D eigenvalue weighted by Gasteiger charge is -2.07. The number of allylic oxidation sites excluding steroid dienone is 1. The molecule has 1 aromatic heterocycles. The molecule has 0 spiro atoms. The molecule has 1 fully saturated rings. The first-order valence-electron chi connectivity index (χ1n) is 4.07. The van der Waals surface area contributed by atoms with E-state index in [1.165, 1.54) is 17.5 Å². The van der Waals surface area contributed by atoms with Crippen molar-refractivity contribution < 1.29 is 0 Å². The Kier molecular flexibility index (Phi) is 0.869. The quantitative estimate of drug-likeness (QED) is 0.542. The van der Waals surface area contributed by atoms with E-state index in [9.17, 15) is 0 Å². The summed E-state index contributed by atoms with van der Waals surface area (Å²) in [6.45, 7) is 0. The molecular weight excluding hydrogens is 134 g/mol. The van der Waals surface area contributed by atoms with Crippen molar-refractivity contribution in [3.8, 4) is 0 Å². The summed E-state index contributed by atoms with van der Waals surface area (Å²) in [4.78, 5) is 4.10. The Morgan fingerprint density at radius 2 is 2.45 bits per heavy atom. The Bertz CT molecular complexity index is 327. The Hall–Kier alpha value is -1.11. The Morgan fingerprint density at radius 3 is 3.45 bits per heavy atom. The van der Waals surface area contributed by atoms with Crippen molar-refractivity contribution in [1.29, 1.82) is 0 Å². The molecule has 1 heteroatoms. The highest BCUT2D eigenvalue weighted by Gasteiger charge is 2.39. The van der Waals surface area contributed by atoms with Crippen molar-refractivity contribution in [2.24, 2.45) is 5.92 Å². The van der Waals surface area contributed by atoms with Gasteiger partial charge >= 0.3 is 0 Å². The molecule has 2 aliphatic rings. The van der Waals surface area contributed by atoms with Gasteiger partial charge in [0.15, 0.2) is 0 Å². The first kappa shape index (κ1) is 5.53. The van der Waals surface area contributed by atoms with Gasteiger partial charge in [-0.3, -0.25) is 4.98 Å². The number of pyridine rings is 1. The summed E-state index contributed by atoms with van der Waals surface area (Å²) < 4.78 is 0. The van der Waals surface area contributed by atoms with E-state index in [0.29, 0.717) is 0 Å². The number of nitrogens with zero attached hydrogens (tertiary/aromatic N) is 1. The Labute approximate surface area is 65.8 Å². The van der Waals surface area contributed by atoms with Crippen LogP contribution in [0.4, 0.5) is 0 Å². The molecule has 3 rings (SSSR count). The maximum atomic E-state index is 4.10. The monoisotopic (exact) mass is 143 g/mol. The second-order valence-corrected chi connectivity index (χ2v) is 3.37.